The Kier molecular flexibility index (Phi) is 15.8. The molecular formula is C50H56Cl2N14O5S. The predicted molar refractivity (Wildman–Crippen MR) is 277 cm³/mol. The van der Waals surface area contributed by atoms with E-state index in [0.717, 1.165) is 73.0 Å². The van der Waals surface area contributed by atoms with Crippen molar-refractivity contribution in [2.75, 3.05) is 74.3 Å². The van der Waals surface area contributed by atoms with Gasteiger partial charge in [-0.05, 0) is 68.3 Å². The van der Waals surface area contributed by atoms with E-state index in [4.69, 9.17) is 43.4 Å². The third-order valence-electron chi connectivity index (χ3n) is 13.2. The van der Waals surface area contributed by atoms with Gasteiger partial charge in [0.25, 0.3) is 0 Å². The molecule has 72 heavy (non-hydrogen) atoms. The summed E-state index contributed by atoms with van der Waals surface area (Å²) in [5.41, 5.74) is 12.4. The van der Waals surface area contributed by atoms with Crippen LogP contribution in [-0.4, -0.2) is 132 Å². The number of imidazole rings is 1. The number of nitrogens with zero attached hydrogens (tertiary/aromatic N) is 12. The molecule has 0 saturated carbocycles. The molecule has 2 aliphatic heterocycles. The first-order valence-electron chi connectivity index (χ1n) is 23.8. The number of nitrogen functional groups attached to an aromatic ring is 1. The largest absolute Gasteiger partial charge is 0.496 e. The van der Waals surface area contributed by atoms with Gasteiger partial charge in [0.2, 0.25) is 23.7 Å². The summed E-state index contributed by atoms with van der Waals surface area (Å²) < 4.78 is 15.1. The fourth-order valence-corrected chi connectivity index (χ4v) is 10.6. The number of anilines is 3. The molecule has 3 N–H and O–H groups in total. The van der Waals surface area contributed by atoms with Crippen molar-refractivity contribution in [3.05, 3.63) is 123 Å². The quantitative estimate of drug-likeness (QED) is 0.0968. The maximum absolute atomic E-state index is 13.8. The number of hydrogen-bond donors (Lipinski definition) is 2. The minimum Gasteiger partial charge on any atom is -0.496 e. The summed E-state index contributed by atoms with van der Waals surface area (Å²) in [5.74, 6) is 0.880. The molecular weight excluding hydrogens is 980 g/mol. The third kappa shape index (κ3) is 11.3. The number of nitrogens with one attached hydrogen (secondary N) is 1. The monoisotopic (exact) mass is 1030 g/mol. The molecule has 2 saturated heterocycles. The van der Waals surface area contributed by atoms with Crippen LogP contribution in [0.15, 0.2) is 84.8 Å². The Morgan fingerprint density at radius 3 is 2.50 bits per heavy atom. The van der Waals surface area contributed by atoms with Crippen molar-refractivity contribution in [3.63, 3.8) is 0 Å². The number of thiophene rings is 1. The molecule has 1 atom stereocenters. The van der Waals surface area contributed by atoms with E-state index in [1.54, 1.807) is 37.8 Å². The van der Waals surface area contributed by atoms with Crippen LogP contribution >= 0.6 is 34.5 Å². The molecule has 2 fully saturated rings. The zero-order valence-corrected chi connectivity index (χ0v) is 42.6. The highest BCUT2D eigenvalue weighted by Gasteiger charge is 2.34. The number of alkyl halides is 1. The topological polar surface area (TPSA) is 208 Å². The van der Waals surface area contributed by atoms with Gasteiger partial charge in [-0.2, -0.15) is 9.97 Å². The van der Waals surface area contributed by atoms with Gasteiger partial charge in [0.15, 0.2) is 17.0 Å². The van der Waals surface area contributed by atoms with Crippen molar-refractivity contribution in [1.29, 1.82) is 0 Å². The normalized spacial score (nSPS) is 14.9. The van der Waals surface area contributed by atoms with E-state index in [1.165, 1.54) is 20.9 Å². The predicted octanol–water partition coefficient (Wildman–Crippen LogP) is 5.85. The Morgan fingerprint density at radius 2 is 1.78 bits per heavy atom. The Morgan fingerprint density at radius 1 is 0.986 bits per heavy atom. The summed E-state index contributed by atoms with van der Waals surface area (Å²) in [6, 6.07) is 17.7. The lowest BCUT2D eigenvalue weighted by atomic mass is 10.0. The third-order valence-corrected chi connectivity index (χ3v) is 14.6. The number of ether oxygens (including phenoxy) is 2. The van der Waals surface area contributed by atoms with Crippen LogP contribution in [0.25, 0.3) is 11.2 Å². The van der Waals surface area contributed by atoms with Gasteiger partial charge in [-0.1, -0.05) is 53.2 Å². The van der Waals surface area contributed by atoms with Crippen LogP contribution in [0.3, 0.4) is 0 Å². The zero-order chi connectivity index (χ0) is 50.3. The second kappa shape index (κ2) is 22.7. The lowest BCUT2D eigenvalue weighted by Gasteiger charge is -2.43. The molecule has 0 bridgehead atoms. The second-order valence-corrected chi connectivity index (χ2v) is 19.4. The average molecular weight is 1040 g/mol. The van der Waals surface area contributed by atoms with Gasteiger partial charge < -0.3 is 34.9 Å². The molecule has 0 aliphatic carbocycles. The van der Waals surface area contributed by atoms with Gasteiger partial charge in [-0.25, -0.2) is 9.67 Å². The van der Waals surface area contributed by atoms with Crippen LogP contribution in [0.2, 0.25) is 5.02 Å². The molecule has 5 aromatic heterocycles. The Labute approximate surface area is 430 Å². The molecule has 2 aromatic carbocycles. The smallest absolute Gasteiger partial charge is 0.248 e. The summed E-state index contributed by atoms with van der Waals surface area (Å²) in [5, 5.41) is 13.5. The van der Waals surface area contributed by atoms with Crippen molar-refractivity contribution in [1.82, 2.24) is 54.6 Å². The number of benzene rings is 2. The number of methoxy groups -OCH3 is 1. The first-order chi connectivity index (χ1) is 35.0. The second-order valence-electron chi connectivity index (χ2n) is 17.8. The van der Waals surface area contributed by atoms with Gasteiger partial charge in [-0.3, -0.25) is 29.2 Å². The van der Waals surface area contributed by atoms with Crippen LogP contribution in [0.5, 0.6) is 11.5 Å². The Bertz CT molecular complexity index is 3010. The average Bonchev–Trinajstić information content (AvgIpc) is 4.19. The molecule has 22 heteroatoms. The first-order valence-corrected chi connectivity index (χ1v) is 25.6. The Balaban J connectivity index is 0.751. The molecule has 1 unspecified atom stereocenters. The van der Waals surface area contributed by atoms with Crippen LogP contribution in [0, 0.1) is 13.8 Å². The molecule has 0 spiro atoms. The number of piperidine rings is 1. The summed E-state index contributed by atoms with van der Waals surface area (Å²) in [4.78, 5) is 68.0. The highest BCUT2D eigenvalue weighted by Crippen LogP contribution is 2.36. The van der Waals surface area contributed by atoms with Gasteiger partial charge in [0.1, 0.15) is 42.3 Å². The van der Waals surface area contributed by atoms with Crippen molar-refractivity contribution in [3.8, 4) is 11.5 Å². The first kappa shape index (κ1) is 50.1. The maximum atomic E-state index is 13.8. The molecule has 3 amide bonds. The van der Waals surface area contributed by atoms with Gasteiger partial charge in [-0.15, -0.1) is 28.0 Å². The van der Waals surface area contributed by atoms with Crippen molar-refractivity contribution < 1.29 is 23.9 Å². The number of carbonyl (C=O) groups is 3. The zero-order valence-electron chi connectivity index (χ0n) is 40.3. The van der Waals surface area contributed by atoms with E-state index in [2.05, 4.69) is 40.4 Å². The molecule has 9 rings (SSSR count). The number of carbonyl (C=O) groups excluding carboxylic acids is 3. The summed E-state index contributed by atoms with van der Waals surface area (Å²) in [6.45, 7) is 9.23. The van der Waals surface area contributed by atoms with E-state index >= 15 is 0 Å². The van der Waals surface area contributed by atoms with Crippen molar-refractivity contribution in [2.45, 2.75) is 64.9 Å². The lowest BCUT2D eigenvalue weighted by molar-refractivity contribution is -0.134. The lowest BCUT2D eigenvalue weighted by Crippen LogP contribution is -2.54. The highest BCUT2D eigenvalue weighted by molar-refractivity contribution is 7.10. The summed E-state index contributed by atoms with van der Waals surface area (Å²) in [7, 11) is 1.67. The van der Waals surface area contributed by atoms with Crippen LogP contribution < -0.4 is 30.3 Å². The SMILES string of the molecule is COc1c(C)cnc(Cn2cnc3c(N4CCC(N5CCN(C(=O)Cn6cc(COc7ccc(N(C(=O)CCl)C(C(=O)NCCc8ccccc8)c8cccs8)cc7Cl)nn6)CC5)CC4)nc(N)nc32)c1C. The van der Waals surface area contributed by atoms with E-state index in [0.29, 0.717) is 71.8 Å². The van der Waals surface area contributed by atoms with E-state index in [-0.39, 0.29) is 41.8 Å². The molecule has 7 aromatic rings. The number of aromatic nitrogens is 8. The van der Waals surface area contributed by atoms with Crippen LogP contribution in [-0.2, 0) is 40.5 Å². The Hall–Kier alpha value is -6.87. The number of halogens is 2. The number of piperazine rings is 1. The highest BCUT2D eigenvalue weighted by atomic mass is 35.5. The van der Waals surface area contributed by atoms with E-state index < -0.39 is 11.9 Å². The van der Waals surface area contributed by atoms with Gasteiger partial charge in [0, 0.05) is 79.7 Å². The number of pyridine rings is 1. The summed E-state index contributed by atoms with van der Waals surface area (Å²) >= 11 is 14.2. The maximum Gasteiger partial charge on any atom is 0.248 e. The number of fused-ring (bicyclic) bond motifs is 1. The van der Waals surface area contributed by atoms with Crippen molar-refractivity contribution in [2.24, 2.45) is 0 Å². The number of rotatable bonds is 18. The van der Waals surface area contributed by atoms with Gasteiger partial charge in [0.05, 0.1) is 36.9 Å². The minimum atomic E-state index is -0.979. The number of hydrogen-bond acceptors (Lipinski definition) is 15. The fraction of sp³-hybridized carbons (Fsp3) is 0.380. The number of nitrogens with two attached hydrogens (primary N) is 1. The molecule has 2 aliphatic rings. The summed E-state index contributed by atoms with van der Waals surface area (Å²) in [6.07, 6.45) is 7.76. The van der Waals surface area contributed by atoms with Crippen LogP contribution in [0.1, 0.15) is 51.8 Å². The van der Waals surface area contributed by atoms with Crippen molar-refractivity contribution >= 4 is 80.9 Å². The van der Waals surface area contributed by atoms with E-state index in [1.807, 2.05) is 77.4 Å². The van der Waals surface area contributed by atoms with E-state index in [9.17, 15) is 14.4 Å². The fourth-order valence-electron chi connectivity index (χ4n) is 9.48. The number of amides is 3. The molecule has 7 heterocycles. The molecule has 19 nitrogen and oxygen atoms in total. The van der Waals surface area contributed by atoms with Crippen LogP contribution in [0.4, 0.5) is 17.5 Å². The van der Waals surface area contributed by atoms with Gasteiger partial charge >= 0.3 is 0 Å². The molecule has 376 valence electrons. The minimum absolute atomic E-state index is 0.0247. The molecule has 0 radical (unpaired) electrons. The standard InChI is InChI=1S/C50H56Cl2N14O5S/c1-32-26-55-39(33(2)46(32)70-3)28-64-31-56-44-47(57-50(53)58-48(44)64)63-17-14-36(15-18-63)61-19-21-62(22-20-61)43(68)29-65-27-35(59-60-65)30-71-40-12-11-37(24-38(40)52)66(42(67)25-51)45(41-10-7-23-72-41)49(69)54-16-13-34-8-5-4-6-9-34/h4-12,23-24,26-27,31,36,45H,13-22,25,28-30H2,1-3H3,(H,54,69)(H2,53,57,58). The number of aryl methyl sites for hydroxylation is 1.